The van der Waals surface area contributed by atoms with Crippen LogP contribution in [0.4, 0.5) is 4.39 Å². The molecule has 0 fully saturated rings. The fourth-order valence-corrected chi connectivity index (χ4v) is 2.93. The third-order valence-corrected chi connectivity index (χ3v) is 4.23. The van der Waals surface area contributed by atoms with Gasteiger partial charge in [0.15, 0.2) is 0 Å². The van der Waals surface area contributed by atoms with Crippen molar-refractivity contribution in [3.8, 4) is 16.9 Å². The minimum absolute atomic E-state index is 0.262. The van der Waals surface area contributed by atoms with E-state index < -0.39 is 0 Å². The maximum atomic E-state index is 13.3. The van der Waals surface area contributed by atoms with E-state index in [-0.39, 0.29) is 5.82 Å². The quantitative estimate of drug-likeness (QED) is 0.557. The zero-order chi connectivity index (χ0) is 18.6. The molecule has 5 nitrogen and oxygen atoms in total. The van der Waals surface area contributed by atoms with Crippen molar-refractivity contribution < 1.29 is 8.91 Å². The van der Waals surface area contributed by atoms with Gasteiger partial charge in [-0.3, -0.25) is 0 Å². The number of nitrogens with one attached hydrogen (secondary N) is 1. The summed E-state index contributed by atoms with van der Waals surface area (Å²) in [6.07, 6.45) is 2.00. The van der Waals surface area contributed by atoms with E-state index in [1.54, 1.807) is 12.1 Å². The molecule has 0 saturated carbocycles. The molecule has 0 aliphatic heterocycles. The Labute approximate surface area is 156 Å². The van der Waals surface area contributed by atoms with Gasteiger partial charge in [-0.25, -0.2) is 9.07 Å². The van der Waals surface area contributed by atoms with E-state index in [4.69, 9.17) is 9.62 Å². The van der Waals surface area contributed by atoms with E-state index in [0.29, 0.717) is 13.1 Å². The smallest absolute Gasteiger partial charge is 0.133 e. The first-order valence-electron chi connectivity index (χ1n) is 8.72. The highest BCUT2D eigenvalue weighted by molar-refractivity contribution is 5.63. The first kappa shape index (κ1) is 17.2. The monoisotopic (exact) mass is 362 g/mol. The molecule has 0 unspecified atom stereocenters. The molecular weight excluding hydrogens is 343 g/mol. The molecule has 2 aromatic heterocycles. The van der Waals surface area contributed by atoms with Gasteiger partial charge in [0.1, 0.15) is 11.6 Å². The number of aryl methyl sites for hydroxylation is 1. The van der Waals surface area contributed by atoms with Crippen molar-refractivity contribution in [1.82, 2.24) is 20.3 Å². The van der Waals surface area contributed by atoms with Gasteiger partial charge in [-0.1, -0.05) is 23.4 Å². The molecule has 4 aromatic rings. The van der Waals surface area contributed by atoms with Gasteiger partial charge in [-0.2, -0.15) is 5.10 Å². The van der Waals surface area contributed by atoms with Gasteiger partial charge in [0.25, 0.3) is 0 Å². The second-order valence-electron chi connectivity index (χ2n) is 6.32. The summed E-state index contributed by atoms with van der Waals surface area (Å²) in [6, 6.07) is 18.2. The second kappa shape index (κ2) is 7.55. The third-order valence-electron chi connectivity index (χ3n) is 4.23. The number of hydrogen-bond acceptors (Lipinski definition) is 4. The minimum atomic E-state index is -0.262. The van der Waals surface area contributed by atoms with Gasteiger partial charge in [0.2, 0.25) is 0 Å². The molecule has 0 amide bonds. The van der Waals surface area contributed by atoms with E-state index in [2.05, 4.69) is 10.5 Å². The van der Waals surface area contributed by atoms with E-state index in [9.17, 15) is 4.39 Å². The van der Waals surface area contributed by atoms with Crippen molar-refractivity contribution in [3.63, 3.8) is 0 Å². The van der Waals surface area contributed by atoms with E-state index in [1.807, 2.05) is 54.2 Å². The van der Waals surface area contributed by atoms with Gasteiger partial charge in [-0.15, -0.1) is 0 Å². The molecule has 0 aliphatic carbocycles. The molecule has 136 valence electrons. The zero-order valence-electron chi connectivity index (χ0n) is 14.9. The molecular formula is C21H19FN4O. The number of para-hydroxylation sites is 1. The van der Waals surface area contributed by atoms with E-state index >= 15 is 0 Å². The molecule has 0 spiro atoms. The molecule has 2 heterocycles. The highest BCUT2D eigenvalue weighted by atomic mass is 19.1. The van der Waals surface area contributed by atoms with Crippen molar-refractivity contribution in [2.24, 2.45) is 0 Å². The van der Waals surface area contributed by atoms with Crippen molar-refractivity contribution in [2.45, 2.75) is 20.0 Å². The molecule has 0 atom stereocenters. The Morgan fingerprint density at radius 3 is 2.52 bits per heavy atom. The first-order chi connectivity index (χ1) is 13.2. The Bertz CT molecular complexity index is 1020. The summed E-state index contributed by atoms with van der Waals surface area (Å²) in [5.41, 5.74) is 4.54. The summed E-state index contributed by atoms with van der Waals surface area (Å²) in [6.45, 7) is 3.06. The predicted molar refractivity (Wildman–Crippen MR) is 101 cm³/mol. The topological polar surface area (TPSA) is 55.9 Å². The maximum Gasteiger partial charge on any atom is 0.133 e. The van der Waals surface area contributed by atoms with Gasteiger partial charge >= 0.3 is 0 Å². The van der Waals surface area contributed by atoms with Crippen LogP contribution in [0.15, 0.2) is 71.4 Å². The molecule has 1 N–H and O–H groups in total. The van der Waals surface area contributed by atoms with Crippen LogP contribution in [-0.2, 0) is 13.1 Å². The zero-order valence-corrected chi connectivity index (χ0v) is 14.9. The van der Waals surface area contributed by atoms with Crippen LogP contribution in [-0.4, -0.2) is 14.9 Å². The van der Waals surface area contributed by atoms with Crippen LogP contribution in [0.25, 0.3) is 16.9 Å². The third kappa shape index (κ3) is 3.96. The van der Waals surface area contributed by atoms with Gasteiger partial charge in [0, 0.05) is 36.5 Å². The van der Waals surface area contributed by atoms with Crippen LogP contribution in [0, 0.1) is 12.7 Å². The van der Waals surface area contributed by atoms with E-state index in [1.165, 1.54) is 12.1 Å². The number of rotatable bonds is 6. The van der Waals surface area contributed by atoms with Crippen LogP contribution < -0.4 is 5.32 Å². The number of halogens is 1. The fourth-order valence-electron chi connectivity index (χ4n) is 2.93. The molecule has 0 bridgehead atoms. The molecule has 0 saturated heterocycles. The standard InChI is InChI=1S/C21H19FN4O/c1-15-11-19(25-27-15)13-23-12-17-14-26(20-5-3-2-4-6-20)24-21(17)16-7-9-18(22)10-8-16/h2-11,14,23H,12-13H2,1H3. The molecule has 27 heavy (non-hydrogen) atoms. The van der Waals surface area contributed by atoms with Crippen LogP contribution in [0.5, 0.6) is 0 Å². The highest BCUT2D eigenvalue weighted by Crippen LogP contribution is 2.24. The summed E-state index contributed by atoms with van der Waals surface area (Å²) in [7, 11) is 0. The van der Waals surface area contributed by atoms with Crippen LogP contribution in [0.2, 0.25) is 0 Å². The lowest BCUT2D eigenvalue weighted by Gasteiger charge is -2.03. The van der Waals surface area contributed by atoms with Gasteiger partial charge < -0.3 is 9.84 Å². The SMILES string of the molecule is Cc1cc(CNCc2cn(-c3ccccc3)nc2-c2ccc(F)cc2)no1. The van der Waals surface area contributed by atoms with Gasteiger partial charge in [-0.05, 0) is 43.3 Å². The summed E-state index contributed by atoms with van der Waals surface area (Å²) < 4.78 is 20.2. The summed E-state index contributed by atoms with van der Waals surface area (Å²) in [5.74, 6) is 0.526. The van der Waals surface area contributed by atoms with Crippen LogP contribution >= 0.6 is 0 Å². The summed E-state index contributed by atoms with van der Waals surface area (Å²) >= 11 is 0. The lowest BCUT2D eigenvalue weighted by atomic mass is 10.1. The number of aromatic nitrogens is 3. The normalized spacial score (nSPS) is 11.0. The number of nitrogens with zero attached hydrogens (tertiary/aromatic N) is 3. The second-order valence-corrected chi connectivity index (χ2v) is 6.32. The minimum Gasteiger partial charge on any atom is -0.361 e. The van der Waals surface area contributed by atoms with Gasteiger partial charge in [0.05, 0.1) is 17.1 Å². The van der Waals surface area contributed by atoms with E-state index in [0.717, 1.165) is 34.0 Å². The lowest BCUT2D eigenvalue weighted by molar-refractivity contribution is 0.388. The summed E-state index contributed by atoms with van der Waals surface area (Å²) in [5, 5.41) is 12.1. The summed E-state index contributed by atoms with van der Waals surface area (Å²) in [4.78, 5) is 0. The lowest BCUT2D eigenvalue weighted by Crippen LogP contribution is -2.13. The average molecular weight is 362 g/mol. The Morgan fingerprint density at radius 2 is 1.81 bits per heavy atom. The Balaban J connectivity index is 1.61. The first-order valence-corrected chi connectivity index (χ1v) is 8.72. The van der Waals surface area contributed by atoms with Crippen molar-refractivity contribution in [2.75, 3.05) is 0 Å². The maximum absolute atomic E-state index is 13.3. The van der Waals surface area contributed by atoms with Crippen LogP contribution in [0.1, 0.15) is 17.0 Å². The molecule has 4 rings (SSSR count). The Kier molecular flexibility index (Phi) is 4.80. The highest BCUT2D eigenvalue weighted by Gasteiger charge is 2.13. The average Bonchev–Trinajstić information content (AvgIpc) is 3.30. The van der Waals surface area contributed by atoms with Crippen molar-refractivity contribution >= 4 is 0 Å². The van der Waals surface area contributed by atoms with Crippen molar-refractivity contribution in [3.05, 3.63) is 89.7 Å². The fraction of sp³-hybridized carbons (Fsp3) is 0.143. The molecule has 6 heteroatoms. The largest absolute Gasteiger partial charge is 0.361 e. The van der Waals surface area contributed by atoms with Crippen molar-refractivity contribution in [1.29, 1.82) is 0 Å². The predicted octanol–water partition coefficient (Wildman–Crippen LogP) is 4.26. The molecule has 0 aliphatic rings. The Hall–Kier alpha value is -3.25. The molecule has 0 radical (unpaired) electrons. The Morgan fingerprint density at radius 1 is 1.04 bits per heavy atom. The molecule has 2 aromatic carbocycles. The number of hydrogen-bond donors (Lipinski definition) is 1. The number of benzene rings is 2. The van der Waals surface area contributed by atoms with Crippen LogP contribution in [0.3, 0.4) is 0 Å².